The molecular formula is C8H11NO4. The van der Waals surface area contributed by atoms with E-state index < -0.39 is 10.9 Å². The molecule has 5 nitrogen and oxygen atoms in total. The summed E-state index contributed by atoms with van der Waals surface area (Å²) in [5, 5.41) is 10.1. The number of nitrogens with zero attached hydrogens (tertiary/aromatic N) is 1. The van der Waals surface area contributed by atoms with Crippen LogP contribution >= 0.6 is 0 Å². The van der Waals surface area contributed by atoms with Crippen LogP contribution in [-0.4, -0.2) is 10.9 Å². The Morgan fingerprint density at radius 1 is 1.31 bits per heavy atom. The van der Waals surface area contributed by atoms with Crippen molar-refractivity contribution in [2.45, 2.75) is 20.8 Å². The lowest BCUT2D eigenvalue weighted by Gasteiger charge is -1.97. The largest absolute Gasteiger partial charge is 0.432 e. The van der Waals surface area contributed by atoms with Crippen molar-refractivity contribution in [1.29, 1.82) is 0 Å². The van der Waals surface area contributed by atoms with Crippen molar-refractivity contribution in [1.82, 2.24) is 0 Å². The number of allylic oxidation sites excluding steroid dienone is 4. The van der Waals surface area contributed by atoms with Crippen LogP contribution in [0.15, 0.2) is 23.6 Å². The maximum Gasteiger partial charge on any atom is 0.307 e. The van der Waals surface area contributed by atoms with Crippen LogP contribution in [0, 0.1) is 10.1 Å². The monoisotopic (exact) mass is 185 g/mol. The number of nitro groups is 1. The molecule has 0 fully saturated rings. The molecule has 0 spiro atoms. The molecule has 0 saturated heterocycles. The van der Waals surface area contributed by atoms with Crippen molar-refractivity contribution >= 4 is 5.97 Å². The van der Waals surface area contributed by atoms with Crippen molar-refractivity contribution in [2.24, 2.45) is 0 Å². The van der Waals surface area contributed by atoms with E-state index in [9.17, 15) is 14.9 Å². The molecule has 0 aliphatic heterocycles. The van der Waals surface area contributed by atoms with Gasteiger partial charge in [0.05, 0.1) is 4.92 Å². The summed E-state index contributed by atoms with van der Waals surface area (Å²) < 4.78 is 4.64. The zero-order chi connectivity index (χ0) is 10.4. The Morgan fingerprint density at radius 3 is 2.23 bits per heavy atom. The van der Waals surface area contributed by atoms with Crippen LogP contribution in [-0.2, 0) is 9.53 Å². The lowest BCUT2D eigenvalue weighted by molar-refractivity contribution is -0.424. The Labute approximate surface area is 75.8 Å². The molecule has 5 heteroatoms. The fourth-order valence-electron chi connectivity index (χ4n) is 0.560. The molecule has 0 unspecified atom stereocenters. The highest BCUT2D eigenvalue weighted by Crippen LogP contribution is 1.99. The molecule has 0 aromatic heterocycles. The van der Waals surface area contributed by atoms with Gasteiger partial charge in [0.1, 0.15) is 5.76 Å². The first kappa shape index (κ1) is 11.4. The molecule has 13 heavy (non-hydrogen) atoms. The van der Waals surface area contributed by atoms with E-state index in [2.05, 4.69) is 4.74 Å². The van der Waals surface area contributed by atoms with Gasteiger partial charge in [-0.3, -0.25) is 14.9 Å². The molecule has 0 aliphatic rings. The second-order valence-electron chi connectivity index (χ2n) is 2.44. The summed E-state index contributed by atoms with van der Waals surface area (Å²) in [4.78, 5) is 20.0. The summed E-state index contributed by atoms with van der Waals surface area (Å²) in [6.45, 7) is 4.17. The highest BCUT2D eigenvalue weighted by Gasteiger charge is 1.99. The van der Waals surface area contributed by atoms with Crippen LogP contribution in [0.5, 0.6) is 0 Å². The van der Waals surface area contributed by atoms with E-state index in [1.165, 1.54) is 26.0 Å². The Morgan fingerprint density at radius 2 is 1.85 bits per heavy atom. The third-order valence-corrected chi connectivity index (χ3v) is 1.15. The Hall–Kier alpha value is -1.65. The number of carbonyl (C=O) groups excluding carboxylic acids is 1. The second-order valence-corrected chi connectivity index (χ2v) is 2.44. The van der Waals surface area contributed by atoms with Gasteiger partial charge in [-0.15, -0.1) is 0 Å². The van der Waals surface area contributed by atoms with E-state index in [1.54, 1.807) is 6.92 Å². The SMILES string of the molecule is CC(=O)O/C(C)=C/C=C(\C)[N+](=O)[O-]. The van der Waals surface area contributed by atoms with Crippen molar-refractivity contribution in [2.75, 3.05) is 0 Å². The molecule has 0 amide bonds. The molecular weight excluding hydrogens is 174 g/mol. The summed E-state index contributed by atoms with van der Waals surface area (Å²) in [6, 6.07) is 0. The molecule has 0 saturated carbocycles. The van der Waals surface area contributed by atoms with Crippen LogP contribution in [0.1, 0.15) is 20.8 Å². The van der Waals surface area contributed by atoms with E-state index in [0.717, 1.165) is 0 Å². The summed E-state index contributed by atoms with van der Waals surface area (Å²) >= 11 is 0. The molecule has 0 aromatic carbocycles. The number of hydrogen-bond donors (Lipinski definition) is 0. The molecule has 0 rings (SSSR count). The van der Waals surface area contributed by atoms with Gasteiger partial charge < -0.3 is 4.74 Å². The normalized spacial score (nSPS) is 12.5. The third-order valence-electron chi connectivity index (χ3n) is 1.15. The fourth-order valence-corrected chi connectivity index (χ4v) is 0.560. The lowest BCUT2D eigenvalue weighted by Crippen LogP contribution is -1.96. The molecule has 0 aliphatic carbocycles. The minimum Gasteiger partial charge on any atom is -0.432 e. The van der Waals surface area contributed by atoms with Crippen molar-refractivity contribution in [3.05, 3.63) is 33.7 Å². The van der Waals surface area contributed by atoms with Gasteiger partial charge in [-0.05, 0) is 13.0 Å². The number of rotatable bonds is 3. The van der Waals surface area contributed by atoms with Crippen LogP contribution in [0.3, 0.4) is 0 Å². The van der Waals surface area contributed by atoms with E-state index in [0.29, 0.717) is 5.76 Å². The van der Waals surface area contributed by atoms with Crippen molar-refractivity contribution in [3.63, 3.8) is 0 Å². The zero-order valence-electron chi connectivity index (χ0n) is 7.73. The van der Waals surface area contributed by atoms with Crippen molar-refractivity contribution in [3.8, 4) is 0 Å². The number of ether oxygens (including phenoxy) is 1. The Balaban J connectivity index is 4.33. The van der Waals surface area contributed by atoms with Crippen LogP contribution in [0.4, 0.5) is 0 Å². The lowest BCUT2D eigenvalue weighted by atomic mass is 10.4. The zero-order valence-corrected chi connectivity index (χ0v) is 7.73. The van der Waals surface area contributed by atoms with Gasteiger partial charge in [-0.2, -0.15) is 0 Å². The molecule has 0 bridgehead atoms. The standard InChI is InChI=1S/C8H11NO4/c1-6(9(11)12)4-5-7(2)13-8(3)10/h4-5H,1-3H3/b6-4+,7-5+. The van der Waals surface area contributed by atoms with E-state index in [-0.39, 0.29) is 5.70 Å². The number of carbonyl (C=O) groups is 1. The Kier molecular flexibility index (Phi) is 4.43. The third kappa shape index (κ3) is 5.60. The Bertz CT molecular complexity index is 278. The number of esters is 1. The van der Waals surface area contributed by atoms with E-state index in [4.69, 9.17) is 0 Å². The van der Waals surface area contributed by atoms with Gasteiger partial charge in [0.25, 0.3) is 0 Å². The molecule has 0 N–H and O–H groups in total. The molecule has 0 atom stereocenters. The van der Waals surface area contributed by atoms with Gasteiger partial charge >= 0.3 is 5.97 Å². The maximum absolute atomic E-state index is 10.4. The quantitative estimate of drug-likeness (QED) is 0.220. The minimum atomic E-state index is -0.516. The van der Waals surface area contributed by atoms with Gasteiger partial charge in [-0.1, -0.05) is 0 Å². The summed E-state index contributed by atoms with van der Waals surface area (Å²) in [5.41, 5.74) is -0.00787. The predicted octanol–water partition coefficient (Wildman–Crippen LogP) is 1.63. The molecule has 72 valence electrons. The predicted molar refractivity (Wildman–Crippen MR) is 46.3 cm³/mol. The van der Waals surface area contributed by atoms with Gasteiger partial charge in [0.2, 0.25) is 5.70 Å². The van der Waals surface area contributed by atoms with E-state index >= 15 is 0 Å². The van der Waals surface area contributed by atoms with Crippen LogP contribution in [0.2, 0.25) is 0 Å². The van der Waals surface area contributed by atoms with Crippen molar-refractivity contribution < 1.29 is 14.5 Å². The molecule has 0 radical (unpaired) electrons. The average Bonchev–Trinajstić information content (AvgIpc) is 1.98. The maximum atomic E-state index is 10.4. The van der Waals surface area contributed by atoms with Crippen LogP contribution < -0.4 is 0 Å². The first-order valence-electron chi connectivity index (χ1n) is 3.61. The highest BCUT2D eigenvalue weighted by atomic mass is 16.6. The smallest absolute Gasteiger partial charge is 0.307 e. The van der Waals surface area contributed by atoms with Gasteiger partial charge in [-0.25, -0.2) is 0 Å². The first-order valence-corrected chi connectivity index (χ1v) is 3.61. The molecule has 0 aromatic rings. The second kappa shape index (κ2) is 5.08. The summed E-state index contributed by atoms with van der Waals surface area (Å²) in [5.74, 6) is -0.116. The minimum absolute atomic E-state index is 0.00787. The van der Waals surface area contributed by atoms with Gasteiger partial charge in [0, 0.05) is 19.9 Å². The van der Waals surface area contributed by atoms with Gasteiger partial charge in [0.15, 0.2) is 0 Å². The number of hydrogen-bond acceptors (Lipinski definition) is 4. The average molecular weight is 185 g/mol. The molecule has 0 heterocycles. The van der Waals surface area contributed by atoms with Crippen LogP contribution in [0.25, 0.3) is 0 Å². The topological polar surface area (TPSA) is 69.4 Å². The first-order chi connectivity index (χ1) is 5.93. The summed E-state index contributed by atoms with van der Waals surface area (Å²) in [6.07, 6.45) is 2.65. The van der Waals surface area contributed by atoms with E-state index in [1.807, 2.05) is 0 Å². The summed E-state index contributed by atoms with van der Waals surface area (Å²) in [7, 11) is 0. The fraction of sp³-hybridized carbons (Fsp3) is 0.375. The highest BCUT2D eigenvalue weighted by molar-refractivity contribution is 5.67.